The third-order valence-corrected chi connectivity index (χ3v) is 40.2. The Balaban J connectivity index is 0.000000396. The van der Waals surface area contributed by atoms with Crippen LogP contribution in [0.2, 0.25) is 54.4 Å². The number of aliphatic hydroxyl groups excluding tert-OH is 3. The molecule has 18 atom stereocenters. The topological polar surface area (TPSA) is 159 Å². The number of fused-ring (bicyclic) bond motifs is 2. The summed E-state index contributed by atoms with van der Waals surface area (Å²) in [4.78, 5) is 26.2. The van der Waals surface area contributed by atoms with Gasteiger partial charge in [-0.15, -0.1) is 18.9 Å². The van der Waals surface area contributed by atoms with E-state index in [9.17, 15) is 19.8 Å². The summed E-state index contributed by atoms with van der Waals surface area (Å²) in [5.41, 5.74) is 6.53. The molecule has 17 heteroatoms. The molecule has 7 aliphatic rings. The summed E-state index contributed by atoms with van der Waals surface area (Å²) in [6.07, 6.45) is 26.9. The number of carbonyl (C=O) groups excluding carboxylic acids is 2. The van der Waals surface area contributed by atoms with Crippen LogP contribution in [0.5, 0.6) is 0 Å². The highest BCUT2D eigenvalue weighted by atomic mass is 79.9. The molecule has 5 saturated carbocycles. The summed E-state index contributed by atoms with van der Waals surface area (Å²) in [7, 11) is -5.97. The van der Waals surface area contributed by atoms with Crippen molar-refractivity contribution in [3.8, 4) is 12.3 Å². The van der Waals surface area contributed by atoms with Gasteiger partial charge in [0.15, 0.2) is 25.0 Å². The molecule has 0 bridgehead atoms. The second-order valence-corrected chi connectivity index (χ2v) is 50.3. The number of hydrogen-bond acceptors (Lipinski definition) is 12. The van der Waals surface area contributed by atoms with Crippen molar-refractivity contribution in [1.29, 1.82) is 0 Å². The van der Waals surface area contributed by atoms with Crippen molar-refractivity contribution in [3.05, 3.63) is 83.0 Å². The van der Waals surface area contributed by atoms with Gasteiger partial charge >= 0.3 is 11.9 Å². The van der Waals surface area contributed by atoms with E-state index < -0.39 is 43.3 Å². The first-order valence-corrected chi connectivity index (χ1v) is 48.5. The molecule has 0 aromatic carbocycles. The molecule has 2 heterocycles. The lowest BCUT2D eigenvalue weighted by atomic mass is 9.60. The minimum atomic E-state index is -2.10. The maximum Gasteiger partial charge on any atom is 0.334 e. The van der Waals surface area contributed by atoms with E-state index in [4.69, 9.17) is 43.8 Å². The van der Waals surface area contributed by atoms with Crippen LogP contribution in [-0.4, -0.2) is 127 Å². The van der Waals surface area contributed by atoms with Gasteiger partial charge in [0.05, 0.1) is 18.3 Å². The molecule has 12 nitrogen and oxygen atoms in total. The molecule has 580 valence electrons. The number of cyclic esters (lactones) is 2. The zero-order valence-electron chi connectivity index (χ0n) is 67.8. The Labute approximate surface area is 627 Å². The van der Waals surface area contributed by atoms with Crippen LogP contribution >= 0.6 is 15.9 Å². The molecule has 0 aromatic heterocycles. The van der Waals surface area contributed by atoms with Crippen LogP contribution in [0.3, 0.4) is 0 Å². The second kappa shape index (κ2) is 39.5. The van der Waals surface area contributed by atoms with Gasteiger partial charge in [0, 0.05) is 62.3 Å². The summed E-state index contributed by atoms with van der Waals surface area (Å²) in [5, 5.41) is 30.7. The lowest BCUT2D eigenvalue weighted by Gasteiger charge is -2.45. The van der Waals surface area contributed by atoms with Gasteiger partial charge < -0.3 is 47.5 Å². The zero-order valence-corrected chi connectivity index (χ0v) is 72.4. The quantitative estimate of drug-likeness (QED) is 0.0179. The van der Waals surface area contributed by atoms with E-state index in [0.717, 1.165) is 62.4 Å². The molecular weight excluding hydrogens is 1380 g/mol. The van der Waals surface area contributed by atoms with Crippen molar-refractivity contribution in [2.45, 2.75) is 337 Å². The number of rotatable bonds is 27. The highest BCUT2D eigenvalue weighted by molar-refractivity contribution is 9.11. The maximum absolute atomic E-state index is 12.1. The molecule has 0 radical (unpaired) electrons. The molecule has 0 spiro atoms. The Morgan fingerprint density at radius 2 is 1.16 bits per heavy atom. The van der Waals surface area contributed by atoms with Gasteiger partial charge in [0.2, 0.25) is 0 Å². The first kappa shape index (κ1) is 92.6. The van der Waals surface area contributed by atoms with E-state index in [1.165, 1.54) is 56.9 Å². The number of esters is 2. The van der Waals surface area contributed by atoms with Gasteiger partial charge in [0.25, 0.3) is 0 Å². The highest BCUT2D eigenvalue weighted by Crippen LogP contribution is 2.62. The normalized spacial score (nSPS) is 31.4. The van der Waals surface area contributed by atoms with E-state index in [2.05, 4.69) is 208 Å². The predicted molar refractivity (Wildman–Crippen MR) is 429 cm³/mol. The van der Waals surface area contributed by atoms with Gasteiger partial charge in [-0.05, 0) is 220 Å². The monoisotopic (exact) mass is 1530 g/mol. The van der Waals surface area contributed by atoms with Gasteiger partial charge in [0.1, 0.15) is 30.5 Å². The molecule has 3 N–H and O–H groups in total. The van der Waals surface area contributed by atoms with Gasteiger partial charge in [-0.2, -0.15) is 0 Å². The number of ether oxygens (including phenoxy) is 4. The number of halogens is 2. The van der Waals surface area contributed by atoms with Crippen molar-refractivity contribution in [2.24, 2.45) is 58.2 Å². The van der Waals surface area contributed by atoms with Crippen LogP contribution in [0.1, 0.15) is 233 Å². The number of terminal acetylenes is 1. The van der Waals surface area contributed by atoms with Crippen LogP contribution in [0, 0.1) is 70.5 Å². The third kappa shape index (κ3) is 23.0. The minimum absolute atomic E-state index is 0. The van der Waals surface area contributed by atoms with Gasteiger partial charge in [-0.25, -0.2) is 9.59 Å². The average molecular weight is 1530 g/mol. The lowest BCUT2D eigenvalue weighted by molar-refractivity contribution is -0.141. The van der Waals surface area contributed by atoms with Crippen molar-refractivity contribution >= 4 is 52.8 Å². The van der Waals surface area contributed by atoms with Crippen molar-refractivity contribution < 1.29 is 61.8 Å². The molecule has 101 heavy (non-hydrogen) atoms. The lowest BCUT2D eigenvalue weighted by Crippen LogP contribution is -2.53. The number of allylic oxidation sites excluding steroid dienone is 4. The Bertz CT molecular complexity index is 2840. The Kier molecular flexibility index (Phi) is 36.2. The minimum Gasteiger partial charge on any atom is -0.458 e. The molecule has 2 saturated heterocycles. The molecule has 0 aromatic rings. The van der Waals surface area contributed by atoms with E-state index in [1.807, 2.05) is 19.9 Å². The smallest absolute Gasteiger partial charge is 0.334 e. The van der Waals surface area contributed by atoms with Crippen LogP contribution in [0.15, 0.2) is 83.0 Å². The highest BCUT2D eigenvalue weighted by Gasteiger charge is 2.54. The van der Waals surface area contributed by atoms with Crippen LogP contribution in [0.4, 0.5) is 4.70 Å². The first-order chi connectivity index (χ1) is 46.5. The number of aliphatic hydroxyl groups is 3. The molecule has 0 unspecified atom stereocenters. The summed E-state index contributed by atoms with van der Waals surface area (Å²) in [6, 6.07) is 0. The van der Waals surface area contributed by atoms with E-state index in [-0.39, 0.29) is 86.1 Å². The Morgan fingerprint density at radius 3 is 1.59 bits per heavy atom. The first-order valence-electron chi connectivity index (χ1n) is 38.9. The zero-order chi connectivity index (χ0) is 75.9. The van der Waals surface area contributed by atoms with Crippen LogP contribution < -0.4 is 0 Å². The van der Waals surface area contributed by atoms with Crippen molar-refractivity contribution in [1.82, 2.24) is 0 Å². The molecular formula is C84H146BrFO12Si3. The summed E-state index contributed by atoms with van der Waals surface area (Å²) < 4.78 is 43.7. The van der Waals surface area contributed by atoms with Crippen molar-refractivity contribution in [2.75, 3.05) is 26.4 Å². The Morgan fingerprint density at radius 1 is 0.693 bits per heavy atom. The van der Waals surface area contributed by atoms with E-state index in [1.54, 1.807) is 5.57 Å². The predicted octanol–water partition coefficient (Wildman–Crippen LogP) is 21.0. The van der Waals surface area contributed by atoms with E-state index >= 15 is 0 Å². The fourth-order valence-electron chi connectivity index (χ4n) is 17.0. The molecule has 7 rings (SSSR count). The van der Waals surface area contributed by atoms with E-state index in [0.29, 0.717) is 84.9 Å². The SMILES string of the molecule is C#CC[C@@H](O[Si](C)(C)C(C)(C)C)[C@H](OCCCO[Si](C)(C)C(C)(C)C)[C@@H](C=C)O[Si](C)(C)C(C)(C)C.C=C1/C(=C\C=C2/CCC[C@]3(C)[C@@H]([C@H](C)C[C@H]4OC(=O)C(=C)[C@@H]4CC)CC[C@@H]23)C[C@@H](O)[C@H](OCCCO)[C@@H]1O.C=C1C(=O)O[C@H](C[C@@H](C)[C@H]2CC[C@H]3/C(=C/Br)CCC[C@]23C)[C@H]1CC.CC.F. The third-order valence-electron chi connectivity index (χ3n) is 26.1. The second-order valence-electron chi connectivity index (χ2n) is 35.6. The maximum atomic E-state index is 12.1. The largest absolute Gasteiger partial charge is 0.458 e. The van der Waals surface area contributed by atoms with Gasteiger partial charge in [-0.3, -0.25) is 4.70 Å². The molecule has 2 aliphatic heterocycles. The number of hydrogen-bond donors (Lipinski definition) is 3. The molecule has 0 amide bonds. The summed E-state index contributed by atoms with van der Waals surface area (Å²) in [6.45, 7) is 69.6. The van der Waals surface area contributed by atoms with Crippen molar-refractivity contribution in [3.63, 3.8) is 0 Å². The standard InChI is InChI=1S/C32H48O6.C29H60O4Si3.C21H31BrO2.C2H6.FH/c1-6-24-21(4)31(36)38-28(24)17-19(2)25-12-13-26-22(9-7-14-32(25,26)5)10-11-23-18-27(34)30(29(35)20(23)3)37-16-8-15-33;1-18-21-25(33-36(16,17)29(9,10)11)26(24(19-2)32-35(14,15)28(6,7)8)30-22-20-23-31-34(12,13)27(3,4)5;1-5-16-14(3)20(23)24-19(16)11-13(2)17-8-9-18-15(12-22)7-6-10-21(17,18)4;1-2;/h10-11,19,24-30,33-35H,3-4,6-9,12-18H2,1-2,5H3;1,19,24-26H,2,20-23H2,3-17H3;12-13,16-19H,3,5-11H2,1-2,4H3;1-2H3;1H/b22-10+,23-11-;;15-12+;;/t19-,24+,25-,26+,27-,28-,29-,30+,32-;24-,25-,26-;13-,16+,17-,18+,19-,21-;;/m111../s1. The van der Waals surface area contributed by atoms with Crippen LogP contribution in [-0.2, 0) is 41.8 Å². The summed E-state index contributed by atoms with van der Waals surface area (Å²) in [5.74, 6) is 6.44. The fraction of sp³-hybridized carbons (Fsp3) is 0.786. The Hall–Kier alpha value is -2.58. The number of carbonyl (C=O) groups is 2. The fourth-order valence-corrected chi connectivity index (χ4v) is 21.3. The average Bonchev–Trinajstić information content (AvgIpc) is 1.62. The summed E-state index contributed by atoms with van der Waals surface area (Å²) >= 11 is 3.60. The molecule has 5 aliphatic carbocycles. The molecule has 7 fully saturated rings. The van der Waals surface area contributed by atoms with Gasteiger partial charge in [-0.1, -0.05) is 183 Å². The van der Waals surface area contributed by atoms with Crippen LogP contribution in [0.25, 0.3) is 0 Å².